The van der Waals surface area contributed by atoms with Crippen LogP contribution in [0.25, 0.3) is 15.5 Å². The number of carbonyl (C=O) groups is 1. The van der Waals surface area contributed by atoms with E-state index in [2.05, 4.69) is 20.6 Å². The maximum atomic E-state index is 12.5. The second-order valence-corrected chi connectivity index (χ2v) is 7.73. The summed E-state index contributed by atoms with van der Waals surface area (Å²) in [5.74, 6) is 0.494. The predicted molar refractivity (Wildman–Crippen MR) is 108 cm³/mol. The molecule has 9 heteroatoms. The highest BCUT2D eigenvalue weighted by molar-refractivity contribution is 7.19. The molecule has 136 valence electrons. The monoisotopic (exact) mass is 417 g/mol. The van der Waals surface area contributed by atoms with E-state index in [0.717, 1.165) is 26.9 Å². The third-order valence-corrected chi connectivity index (χ3v) is 5.74. The van der Waals surface area contributed by atoms with Gasteiger partial charge in [-0.25, -0.2) is 0 Å². The smallest absolute Gasteiger partial charge is 0.255 e. The summed E-state index contributed by atoms with van der Waals surface area (Å²) in [5, 5.41) is 17.1. The second kappa shape index (κ2) is 6.92. The number of benzene rings is 2. The van der Waals surface area contributed by atoms with Crippen molar-refractivity contribution in [1.29, 1.82) is 0 Å². The molecule has 4 rings (SSSR count). The summed E-state index contributed by atoms with van der Waals surface area (Å²) in [4.78, 5) is 13.2. The van der Waals surface area contributed by atoms with Crippen LogP contribution in [0.5, 0.6) is 0 Å². The number of carbonyl (C=O) groups excluding carboxylic acids is 1. The summed E-state index contributed by atoms with van der Waals surface area (Å²) in [7, 11) is 0. The Morgan fingerprint density at radius 2 is 1.89 bits per heavy atom. The van der Waals surface area contributed by atoms with Gasteiger partial charge in [0.15, 0.2) is 5.82 Å². The van der Waals surface area contributed by atoms with Crippen molar-refractivity contribution in [3.63, 3.8) is 0 Å². The van der Waals surface area contributed by atoms with Crippen molar-refractivity contribution in [2.45, 2.75) is 13.8 Å². The van der Waals surface area contributed by atoms with E-state index in [1.807, 2.05) is 32.0 Å². The SMILES string of the molecule is Cc1cc(-c2nn3c(C)nnc3s2)ccc1NC(=O)c1ccc(Cl)c(Cl)c1. The van der Waals surface area contributed by atoms with Crippen LogP contribution in [0.15, 0.2) is 36.4 Å². The van der Waals surface area contributed by atoms with Gasteiger partial charge in [-0.15, -0.1) is 10.2 Å². The van der Waals surface area contributed by atoms with Gasteiger partial charge in [0.25, 0.3) is 5.91 Å². The summed E-state index contributed by atoms with van der Waals surface area (Å²) in [6, 6.07) is 10.5. The molecule has 2 heterocycles. The molecule has 2 aromatic carbocycles. The summed E-state index contributed by atoms with van der Waals surface area (Å²) in [5.41, 5.74) is 3.03. The van der Waals surface area contributed by atoms with Gasteiger partial charge >= 0.3 is 0 Å². The van der Waals surface area contributed by atoms with Crippen LogP contribution in [0.3, 0.4) is 0 Å². The van der Waals surface area contributed by atoms with Gasteiger partial charge in [0.1, 0.15) is 5.01 Å². The predicted octanol–water partition coefficient (Wildman–Crippen LogP) is 5.03. The number of aromatic nitrogens is 4. The minimum atomic E-state index is -0.251. The van der Waals surface area contributed by atoms with E-state index in [1.54, 1.807) is 22.7 Å². The topological polar surface area (TPSA) is 72.2 Å². The molecule has 0 aliphatic heterocycles. The zero-order valence-electron chi connectivity index (χ0n) is 14.3. The van der Waals surface area contributed by atoms with Crippen LogP contribution >= 0.6 is 34.5 Å². The number of halogens is 2. The van der Waals surface area contributed by atoms with Crippen molar-refractivity contribution in [2.75, 3.05) is 5.32 Å². The molecule has 0 atom stereocenters. The van der Waals surface area contributed by atoms with Crippen molar-refractivity contribution in [3.05, 3.63) is 63.4 Å². The molecule has 6 nitrogen and oxygen atoms in total. The largest absolute Gasteiger partial charge is 0.322 e. The quantitative estimate of drug-likeness (QED) is 0.507. The molecular weight excluding hydrogens is 405 g/mol. The number of fused-ring (bicyclic) bond motifs is 1. The first-order valence-corrected chi connectivity index (χ1v) is 9.56. The van der Waals surface area contributed by atoms with Crippen molar-refractivity contribution in [2.24, 2.45) is 0 Å². The first-order valence-electron chi connectivity index (χ1n) is 7.98. The number of anilines is 1. The van der Waals surface area contributed by atoms with E-state index in [-0.39, 0.29) is 5.91 Å². The van der Waals surface area contributed by atoms with Gasteiger partial charge in [0, 0.05) is 16.8 Å². The molecule has 0 unspecified atom stereocenters. The van der Waals surface area contributed by atoms with E-state index < -0.39 is 0 Å². The van der Waals surface area contributed by atoms with Crippen molar-refractivity contribution < 1.29 is 4.79 Å². The lowest BCUT2D eigenvalue weighted by atomic mass is 10.1. The molecule has 0 spiro atoms. The molecule has 27 heavy (non-hydrogen) atoms. The Morgan fingerprint density at radius 3 is 2.59 bits per heavy atom. The molecule has 0 aliphatic carbocycles. The van der Waals surface area contributed by atoms with Crippen LogP contribution < -0.4 is 5.32 Å². The molecule has 1 amide bonds. The molecule has 0 saturated heterocycles. The third kappa shape index (κ3) is 3.41. The molecule has 0 saturated carbocycles. The van der Waals surface area contributed by atoms with Crippen LogP contribution in [-0.2, 0) is 0 Å². The fraction of sp³-hybridized carbons (Fsp3) is 0.111. The third-order valence-electron chi connectivity index (χ3n) is 4.05. The molecular formula is C18H13Cl2N5OS. The summed E-state index contributed by atoms with van der Waals surface area (Å²) < 4.78 is 1.72. The Morgan fingerprint density at radius 1 is 1.07 bits per heavy atom. The highest BCUT2D eigenvalue weighted by Crippen LogP contribution is 2.29. The first kappa shape index (κ1) is 17.9. The summed E-state index contributed by atoms with van der Waals surface area (Å²) >= 11 is 13.3. The van der Waals surface area contributed by atoms with Crippen LogP contribution in [0.4, 0.5) is 5.69 Å². The summed E-state index contributed by atoms with van der Waals surface area (Å²) in [6.45, 7) is 3.79. The fourth-order valence-electron chi connectivity index (χ4n) is 2.60. The van der Waals surface area contributed by atoms with Gasteiger partial charge in [0.05, 0.1) is 10.0 Å². The minimum absolute atomic E-state index is 0.251. The number of nitrogens with zero attached hydrogens (tertiary/aromatic N) is 4. The van der Waals surface area contributed by atoms with E-state index in [4.69, 9.17) is 23.2 Å². The highest BCUT2D eigenvalue weighted by atomic mass is 35.5. The van der Waals surface area contributed by atoms with Crippen molar-refractivity contribution in [1.82, 2.24) is 19.8 Å². The number of amides is 1. The van der Waals surface area contributed by atoms with Gasteiger partial charge < -0.3 is 5.32 Å². The number of nitrogens with one attached hydrogen (secondary N) is 1. The average molecular weight is 418 g/mol. The van der Waals surface area contributed by atoms with Gasteiger partial charge in [-0.05, 0) is 55.8 Å². The zero-order chi connectivity index (χ0) is 19.1. The molecule has 0 bridgehead atoms. The summed E-state index contributed by atoms with van der Waals surface area (Å²) in [6.07, 6.45) is 0. The minimum Gasteiger partial charge on any atom is -0.322 e. The molecule has 4 aromatic rings. The normalized spacial score (nSPS) is 11.1. The Balaban J connectivity index is 1.59. The van der Waals surface area contributed by atoms with E-state index in [9.17, 15) is 4.79 Å². The number of hydrogen-bond donors (Lipinski definition) is 1. The second-order valence-electron chi connectivity index (χ2n) is 5.96. The molecule has 1 N–H and O–H groups in total. The highest BCUT2D eigenvalue weighted by Gasteiger charge is 2.13. The van der Waals surface area contributed by atoms with Gasteiger partial charge in [0.2, 0.25) is 4.96 Å². The Labute approximate surface area is 168 Å². The molecule has 0 radical (unpaired) electrons. The lowest BCUT2D eigenvalue weighted by molar-refractivity contribution is 0.102. The maximum Gasteiger partial charge on any atom is 0.255 e. The van der Waals surface area contributed by atoms with Crippen molar-refractivity contribution >= 4 is 51.1 Å². The first-order chi connectivity index (χ1) is 12.9. The molecule has 2 aromatic heterocycles. The standard InChI is InChI=1S/C18H13Cl2N5OS/c1-9-7-12(17-24-25-10(2)22-23-18(25)27-17)4-6-15(9)21-16(26)11-3-5-13(19)14(20)8-11/h3-8H,1-2H3,(H,21,26). The van der Waals surface area contributed by atoms with E-state index in [1.165, 1.54) is 11.3 Å². The average Bonchev–Trinajstić information content (AvgIpc) is 3.21. The van der Waals surface area contributed by atoms with E-state index >= 15 is 0 Å². The number of hydrogen-bond acceptors (Lipinski definition) is 5. The van der Waals surface area contributed by atoms with Crippen LogP contribution in [-0.4, -0.2) is 25.7 Å². The lowest BCUT2D eigenvalue weighted by Crippen LogP contribution is -2.12. The Kier molecular flexibility index (Phi) is 4.59. The van der Waals surface area contributed by atoms with Crippen LogP contribution in [0.2, 0.25) is 10.0 Å². The van der Waals surface area contributed by atoms with Crippen molar-refractivity contribution in [3.8, 4) is 10.6 Å². The lowest BCUT2D eigenvalue weighted by Gasteiger charge is -2.10. The van der Waals surface area contributed by atoms with Crippen LogP contribution in [0, 0.1) is 13.8 Å². The zero-order valence-corrected chi connectivity index (χ0v) is 16.7. The van der Waals surface area contributed by atoms with Gasteiger partial charge in [-0.1, -0.05) is 34.5 Å². The Hall–Kier alpha value is -2.48. The van der Waals surface area contributed by atoms with Gasteiger partial charge in [-0.3, -0.25) is 4.79 Å². The van der Waals surface area contributed by atoms with Gasteiger partial charge in [-0.2, -0.15) is 9.61 Å². The number of rotatable bonds is 3. The fourth-order valence-corrected chi connectivity index (χ4v) is 3.78. The molecule has 0 fully saturated rings. The Bertz CT molecular complexity index is 1180. The molecule has 0 aliphatic rings. The van der Waals surface area contributed by atoms with E-state index in [0.29, 0.717) is 21.3 Å². The number of aryl methyl sites for hydroxylation is 2. The maximum absolute atomic E-state index is 12.5. The van der Waals surface area contributed by atoms with Crippen LogP contribution in [0.1, 0.15) is 21.7 Å².